The van der Waals surface area contributed by atoms with E-state index in [-0.39, 0.29) is 6.04 Å². The Labute approximate surface area is 148 Å². The number of pyridine rings is 1. The van der Waals surface area contributed by atoms with Gasteiger partial charge in [-0.3, -0.25) is 4.98 Å². The van der Waals surface area contributed by atoms with Crippen molar-refractivity contribution < 1.29 is 13.2 Å². The van der Waals surface area contributed by atoms with Crippen LogP contribution < -0.4 is 5.32 Å². The van der Waals surface area contributed by atoms with E-state index < -0.39 is 11.7 Å². The second kappa shape index (κ2) is 7.54. The molecule has 2 aromatic heterocycles. The van der Waals surface area contributed by atoms with Gasteiger partial charge in [-0.1, -0.05) is 18.2 Å². The van der Waals surface area contributed by atoms with Gasteiger partial charge in [0.15, 0.2) is 0 Å². The molecule has 132 valence electrons. The number of rotatable bonds is 6. The van der Waals surface area contributed by atoms with Gasteiger partial charge in [-0.2, -0.15) is 13.2 Å². The van der Waals surface area contributed by atoms with Gasteiger partial charge in [0.25, 0.3) is 0 Å². The topological polar surface area (TPSA) is 24.9 Å². The summed E-state index contributed by atoms with van der Waals surface area (Å²) in [5.74, 6) is 0. The zero-order valence-electron chi connectivity index (χ0n) is 13.8. The van der Waals surface area contributed by atoms with Crippen molar-refractivity contribution in [1.82, 2.24) is 10.3 Å². The molecule has 0 aliphatic heterocycles. The summed E-state index contributed by atoms with van der Waals surface area (Å²) in [6.07, 6.45) is -1.10. The summed E-state index contributed by atoms with van der Waals surface area (Å²) in [5.41, 5.74) is 2.32. The standard InChI is InChI=1S/C19H19F3N2S/c1-13(16-12-25-17-8-4-10-24-18(16)17)23-9-3-6-14-5-2-7-15(11-14)19(20,21)22/h2,4-5,7-8,10-13,23H,3,6,9H2,1H3. The zero-order valence-corrected chi connectivity index (χ0v) is 14.6. The molecule has 1 unspecified atom stereocenters. The number of fused-ring (bicyclic) bond motifs is 1. The van der Waals surface area contributed by atoms with Crippen molar-refractivity contribution in [3.8, 4) is 0 Å². The normalized spacial score (nSPS) is 13.3. The lowest BCUT2D eigenvalue weighted by Gasteiger charge is -2.13. The van der Waals surface area contributed by atoms with Crippen molar-refractivity contribution in [1.29, 1.82) is 0 Å². The number of nitrogens with zero attached hydrogens (tertiary/aromatic N) is 1. The monoisotopic (exact) mass is 364 g/mol. The molecular weight excluding hydrogens is 345 g/mol. The molecule has 25 heavy (non-hydrogen) atoms. The van der Waals surface area contributed by atoms with E-state index >= 15 is 0 Å². The van der Waals surface area contributed by atoms with Crippen LogP contribution in [-0.4, -0.2) is 11.5 Å². The van der Waals surface area contributed by atoms with Crippen LogP contribution >= 0.6 is 11.3 Å². The van der Waals surface area contributed by atoms with Crippen LogP contribution in [0.15, 0.2) is 48.0 Å². The molecule has 6 heteroatoms. The Bertz CT molecular complexity index is 842. The molecule has 3 rings (SSSR count). The lowest BCUT2D eigenvalue weighted by atomic mass is 10.1. The van der Waals surface area contributed by atoms with Crippen molar-refractivity contribution in [3.63, 3.8) is 0 Å². The molecule has 2 heterocycles. The molecule has 0 spiro atoms. The van der Waals surface area contributed by atoms with E-state index in [1.54, 1.807) is 23.6 Å². The van der Waals surface area contributed by atoms with Gasteiger partial charge in [-0.15, -0.1) is 11.3 Å². The number of aromatic nitrogens is 1. The summed E-state index contributed by atoms with van der Waals surface area (Å²) in [4.78, 5) is 4.43. The molecule has 0 fully saturated rings. The summed E-state index contributed by atoms with van der Waals surface area (Å²) in [6.45, 7) is 2.82. The Kier molecular flexibility index (Phi) is 5.39. The van der Waals surface area contributed by atoms with Crippen LogP contribution in [-0.2, 0) is 12.6 Å². The van der Waals surface area contributed by atoms with Gasteiger partial charge in [0.2, 0.25) is 0 Å². The van der Waals surface area contributed by atoms with Gasteiger partial charge >= 0.3 is 6.18 Å². The van der Waals surface area contributed by atoms with Crippen LogP contribution in [0.25, 0.3) is 10.2 Å². The third-order valence-electron chi connectivity index (χ3n) is 4.17. The molecule has 2 nitrogen and oxygen atoms in total. The Balaban J connectivity index is 1.53. The van der Waals surface area contributed by atoms with Gasteiger partial charge in [0, 0.05) is 17.8 Å². The fourth-order valence-corrected chi connectivity index (χ4v) is 3.83. The highest BCUT2D eigenvalue weighted by atomic mass is 32.1. The van der Waals surface area contributed by atoms with Gasteiger partial charge in [-0.05, 0) is 55.5 Å². The molecule has 0 aliphatic carbocycles. The van der Waals surface area contributed by atoms with Crippen LogP contribution in [0.1, 0.15) is 36.1 Å². The first kappa shape index (κ1) is 17.9. The average molecular weight is 364 g/mol. The van der Waals surface area contributed by atoms with E-state index in [0.717, 1.165) is 29.2 Å². The minimum absolute atomic E-state index is 0.158. The summed E-state index contributed by atoms with van der Waals surface area (Å²) >= 11 is 1.67. The molecule has 0 saturated carbocycles. The molecular formula is C19H19F3N2S. The van der Waals surface area contributed by atoms with Crippen molar-refractivity contribution >= 4 is 21.6 Å². The Morgan fingerprint density at radius 3 is 2.84 bits per heavy atom. The average Bonchev–Trinajstić information content (AvgIpc) is 3.02. The number of thiophene rings is 1. The zero-order chi connectivity index (χ0) is 17.9. The third kappa shape index (κ3) is 4.38. The molecule has 3 aromatic rings. The Morgan fingerprint density at radius 2 is 2.04 bits per heavy atom. The number of halogens is 3. The molecule has 0 aliphatic rings. The number of nitrogens with one attached hydrogen (secondary N) is 1. The van der Waals surface area contributed by atoms with Gasteiger partial charge in [-0.25, -0.2) is 0 Å². The quantitative estimate of drug-likeness (QED) is 0.576. The van der Waals surface area contributed by atoms with Gasteiger partial charge in [0.05, 0.1) is 15.8 Å². The van der Waals surface area contributed by atoms with Crippen molar-refractivity contribution in [3.05, 3.63) is 64.7 Å². The van der Waals surface area contributed by atoms with E-state index in [1.165, 1.54) is 17.7 Å². The van der Waals surface area contributed by atoms with E-state index in [2.05, 4.69) is 28.7 Å². The summed E-state index contributed by atoms with van der Waals surface area (Å²) < 4.78 is 39.4. The van der Waals surface area contributed by atoms with E-state index in [4.69, 9.17) is 0 Å². The number of hydrogen-bond donors (Lipinski definition) is 1. The number of alkyl halides is 3. The summed E-state index contributed by atoms with van der Waals surface area (Å²) in [7, 11) is 0. The molecule has 0 radical (unpaired) electrons. The fraction of sp³-hybridized carbons (Fsp3) is 0.316. The third-order valence-corrected chi connectivity index (χ3v) is 5.13. The van der Waals surface area contributed by atoms with E-state index in [0.29, 0.717) is 12.0 Å². The lowest BCUT2D eigenvalue weighted by Crippen LogP contribution is -2.20. The maximum Gasteiger partial charge on any atom is 0.416 e. The van der Waals surface area contributed by atoms with Gasteiger partial charge in [0.1, 0.15) is 0 Å². The molecule has 1 N–H and O–H groups in total. The molecule has 0 saturated heterocycles. The molecule has 0 bridgehead atoms. The molecule has 1 aromatic carbocycles. The number of hydrogen-bond acceptors (Lipinski definition) is 3. The maximum absolute atomic E-state index is 12.7. The SMILES string of the molecule is CC(NCCCc1cccc(C(F)(F)F)c1)c1csc2cccnc12. The Hall–Kier alpha value is -1.92. The first-order chi connectivity index (χ1) is 11.9. The van der Waals surface area contributed by atoms with Crippen LogP contribution in [0.3, 0.4) is 0 Å². The highest BCUT2D eigenvalue weighted by Gasteiger charge is 2.30. The maximum atomic E-state index is 12.7. The number of aryl methyl sites for hydroxylation is 1. The predicted octanol–water partition coefficient (Wildman–Crippen LogP) is 5.60. The first-order valence-corrected chi connectivity index (χ1v) is 9.05. The Morgan fingerprint density at radius 1 is 1.20 bits per heavy atom. The van der Waals surface area contributed by atoms with E-state index in [1.807, 2.05) is 6.07 Å². The first-order valence-electron chi connectivity index (χ1n) is 8.17. The van der Waals surface area contributed by atoms with Crippen LogP contribution in [0.2, 0.25) is 0 Å². The van der Waals surface area contributed by atoms with Crippen LogP contribution in [0, 0.1) is 0 Å². The summed E-state index contributed by atoms with van der Waals surface area (Å²) in [6, 6.07) is 9.70. The molecule has 1 atom stereocenters. The van der Waals surface area contributed by atoms with E-state index in [9.17, 15) is 13.2 Å². The molecule has 0 amide bonds. The van der Waals surface area contributed by atoms with Crippen molar-refractivity contribution in [2.24, 2.45) is 0 Å². The minimum Gasteiger partial charge on any atom is -0.310 e. The van der Waals surface area contributed by atoms with Crippen molar-refractivity contribution in [2.45, 2.75) is 32.0 Å². The second-order valence-corrected chi connectivity index (χ2v) is 6.93. The van der Waals surface area contributed by atoms with Crippen LogP contribution in [0.5, 0.6) is 0 Å². The highest BCUT2D eigenvalue weighted by Crippen LogP contribution is 2.30. The highest BCUT2D eigenvalue weighted by molar-refractivity contribution is 7.17. The number of benzene rings is 1. The lowest BCUT2D eigenvalue weighted by molar-refractivity contribution is -0.137. The summed E-state index contributed by atoms with van der Waals surface area (Å²) in [5, 5.41) is 5.55. The van der Waals surface area contributed by atoms with Gasteiger partial charge < -0.3 is 5.32 Å². The largest absolute Gasteiger partial charge is 0.416 e. The predicted molar refractivity (Wildman–Crippen MR) is 95.8 cm³/mol. The fourth-order valence-electron chi connectivity index (χ4n) is 2.82. The minimum atomic E-state index is -4.28. The second-order valence-electron chi connectivity index (χ2n) is 6.02. The van der Waals surface area contributed by atoms with Crippen LogP contribution in [0.4, 0.5) is 13.2 Å². The smallest absolute Gasteiger partial charge is 0.310 e. The van der Waals surface area contributed by atoms with Crippen molar-refractivity contribution in [2.75, 3.05) is 6.54 Å².